The van der Waals surface area contributed by atoms with Gasteiger partial charge in [-0.05, 0) is 18.6 Å². The van der Waals surface area contributed by atoms with Crippen molar-refractivity contribution in [1.82, 2.24) is 40.8 Å². The number of halogens is 7. The van der Waals surface area contributed by atoms with Gasteiger partial charge in [-0.1, -0.05) is 16.6 Å². The van der Waals surface area contributed by atoms with E-state index in [4.69, 9.17) is 0 Å². The molecule has 37 heavy (non-hydrogen) atoms. The smallest absolute Gasteiger partial charge is 0.344 e. The lowest BCUT2D eigenvalue weighted by Crippen LogP contribution is -2.33. The third-order valence-electron chi connectivity index (χ3n) is 4.51. The van der Waals surface area contributed by atoms with E-state index in [9.17, 15) is 40.3 Å². The van der Waals surface area contributed by atoms with E-state index in [0.29, 0.717) is 5.01 Å². The molecule has 3 heterocycles. The summed E-state index contributed by atoms with van der Waals surface area (Å²) < 4.78 is 90.1. The van der Waals surface area contributed by atoms with E-state index in [-0.39, 0.29) is 36.6 Å². The molecule has 0 aliphatic rings. The van der Waals surface area contributed by atoms with Crippen molar-refractivity contribution in [3.8, 4) is 0 Å². The van der Waals surface area contributed by atoms with E-state index < -0.39 is 48.1 Å². The van der Waals surface area contributed by atoms with Crippen LogP contribution >= 0.6 is 11.3 Å². The van der Waals surface area contributed by atoms with Gasteiger partial charge in [-0.2, -0.15) is 26.3 Å². The van der Waals surface area contributed by atoms with Gasteiger partial charge in [0.15, 0.2) is 5.69 Å². The van der Waals surface area contributed by atoms with Crippen molar-refractivity contribution in [3.05, 3.63) is 51.5 Å². The zero-order valence-electron chi connectivity index (χ0n) is 18.5. The summed E-state index contributed by atoms with van der Waals surface area (Å²) in [5.74, 6) is -1.80. The molecule has 2 amide bonds. The molecule has 1 unspecified atom stereocenters. The van der Waals surface area contributed by atoms with Gasteiger partial charge in [0.1, 0.15) is 17.7 Å². The summed E-state index contributed by atoms with van der Waals surface area (Å²) in [5.41, 5.74) is -1.32. The fraction of sp³-hybridized carbons (Fsp3) is 0.421. The minimum absolute atomic E-state index is 0.0118. The number of rotatable bonds is 10. The first-order valence-electron chi connectivity index (χ1n) is 10.3. The second-order valence-corrected chi connectivity index (χ2v) is 8.54. The Labute approximate surface area is 207 Å². The molecule has 0 spiro atoms. The SMILES string of the molecule is O=C(NCC(F)(F)F)c1cn(CC(F)CCc2nnc(C(=O)NCc3cc(C(F)(F)F)ccn3)s2)nn1. The van der Waals surface area contributed by atoms with Crippen molar-refractivity contribution in [2.45, 2.75) is 44.5 Å². The van der Waals surface area contributed by atoms with Crippen molar-refractivity contribution < 1.29 is 40.3 Å². The van der Waals surface area contributed by atoms with Crippen molar-refractivity contribution >= 4 is 23.2 Å². The number of aromatic nitrogens is 6. The normalized spacial score (nSPS) is 12.8. The highest BCUT2D eigenvalue weighted by Gasteiger charge is 2.31. The van der Waals surface area contributed by atoms with Crippen LogP contribution in [0.5, 0.6) is 0 Å². The average Bonchev–Trinajstić information content (AvgIpc) is 3.49. The van der Waals surface area contributed by atoms with Gasteiger partial charge in [-0.15, -0.1) is 15.3 Å². The number of hydrogen-bond donors (Lipinski definition) is 2. The van der Waals surface area contributed by atoms with Gasteiger partial charge in [0.2, 0.25) is 5.01 Å². The van der Waals surface area contributed by atoms with E-state index in [0.717, 1.165) is 40.5 Å². The topological polar surface area (TPSA) is 128 Å². The molecule has 0 radical (unpaired) electrons. The van der Waals surface area contributed by atoms with Gasteiger partial charge in [0.05, 0.1) is 30.5 Å². The van der Waals surface area contributed by atoms with Gasteiger partial charge >= 0.3 is 12.4 Å². The lowest BCUT2D eigenvalue weighted by molar-refractivity contribution is -0.137. The molecule has 3 rings (SSSR count). The van der Waals surface area contributed by atoms with Crippen molar-refractivity contribution in [2.24, 2.45) is 0 Å². The van der Waals surface area contributed by atoms with Crippen LogP contribution in [0.3, 0.4) is 0 Å². The van der Waals surface area contributed by atoms with Crippen LogP contribution in [0.1, 0.15) is 43.0 Å². The van der Waals surface area contributed by atoms with Crippen LogP contribution < -0.4 is 10.6 Å². The number of pyridine rings is 1. The summed E-state index contributed by atoms with van der Waals surface area (Å²) >= 11 is 0.866. The van der Waals surface area contributed by atoms with Crippen LogP contribution in [0, 0.1) is 0 Å². The molecule has 3 aromatic rings. The fourth-order valence-corrected chi connectivity index (χ4v) is 3.55. The molecular weight excluding hydrogens is 537 g/mol. The highest BCUT2D eigenvalue weighted by molar-refractivity contribution is 7.13. The molecule has 0 saturated carbocycles. The molecule has 10 nitrogen and oxygen atoms in total. The van der Waals surface area contributed by atoms with Crippen molar-refractivity contribution in [2.75, 3.05) is 6.54 Å². The number of nitrogens with one attached hydrogen (secondary N) is 2. The third-order valence-corrected chi connectivity index (χ3v) is 5.49. The molecule has 0 aromatic carbocycles. The first-order chi connectivity index (χ1) is 17.3. The summed E-state index contributed by atoms with van der Waals surface area (Å²) in [7, 11) is 0. The summed E-state index contributed by atoms with van der Waals surface area (Å²) in [4.78, 5) is 27.6. The zero-order chi connectivity index (χ0) is 27.2. The third kappa shape index (κ3) is 8.72. The molecule has 200 valence electrons. The van der Waals surface area contributed by atoms with Gasteiger partial charge in [0, 0.05) is 12.6 Å². The Kier molecular flexibility index (Phi) is 8.72. The number of hydrogen-bond acceptors (Lipinski definition) is 8. The Bertz CT molecular complexity index is 1230. The van der Waals surface area contributed by atoms with Gasteiger partial charge in [-0.25, -0.2) is 9.07 Å². The van der Waals surface area contributed by atoms with Gasteiger partial charge < -0.3 is 10.6 Å². The Morgan fingerprint density at radius 3 is 2.51 bits per heavy atom. The standard InChI is InChI=1S/C19H17F7N8O2S/c20-11(7-34-8-13(30-33-34)15(35)29-9-18(21,22)23)1-2-14-31-32-17(37-14)16(36)28-6-12-5-10(3-4-27-12)19(24,25)26/h3-5,8,11H,1-2,6-7,9H2,(H,28,36)(H,29,35). The number of aryl methyl sites for hydroxylation is 1. The highest BCUT2D eigenvalue weighted by Crippen LogP contribution is 2.29. The molecule has 0 aliphatic heterocycles. The molecule has 18 heteroatoms. The highest BCUT2D eigenvalue weighted by atomic mass is 32.1. The second kappa shape index (κ2) is 11.6. The number of amides is 2. The second-order valence-electron chi connectivity index (χ2n) is 7.48. The van der Waals surface area contributed by atoms with Crippen LogP contribution in [0.25, 0.3) is 0 Å². The maximum Gasteiger partial charge on any atom is 0.416 e. The van der Waals surface area contributed by atoms with Crippen LogP contribution in [0.15, 0.2) is 24.5 Å². The minimum Gasteiger partial charge on any atom is -0.344 e. The quantitative estimate of drug-likeness (QED) is 0.369. The van der Waals surface area contributed by atoms with Crippen molar-refractivity contribution in [1.29, 1.82) is 0 Å². The van der Waals surface area contributed by atoms with Crippen LogP contribution in [-0.2, 0) is 25.7 Å². The van der Waals surface area contributed by atoms with Gasteiger partial charge in [-0.3, -0.25) is 14.6 Å². The first kappa shape index (κ1) is 27.9. The van der Waals surface area contributed by atoms with E-state index in [1.807, 2.05) is 0 Å². The van der Waals surface area contributed by atoms with Gasteiger partial charge in [0.25, 0.3) is 11.8 Å². The lowest BCUT2D eigenvalue weighted by atomic mass is 10.2. The predicted molar refractivity (Wildman–Crippen MR) is 112 cm³/mol. The maximum absolute atomic E-state index is 14.3. The molecule has 0 fully saturated rings. The number of nitrogens with zero attached hydrogens (tertiary/aromatic N) is 6. The summed E-state index contributed by atoms with van der Waals surface area (Å²) in [5, 5.41) is 18.6. The van der Waals surface area contributed by atoms with Crippen LogP contribution in [-0.4, -0.2) is 60.9 Å². The average molecular weight is 554 g/mol. The predicted octanol–water partition coefficient (Wildman–Crippen LogP) is 2.74. The van der Waals surface area contributed by atoms with Crippen LogP contribution in [0.2, 0.25) is 0 Å². The molecule has 0 bridgehead atoms. The molecule has 3 aromatic heterocycles. The molecule has 1 atom stereocenters. The Hall–Kier alpha value is -3.70. The number of carbonyl (C=O) groups is 2. The van der Waals surface area contributed by atoms with Crippen LogP contribution in [0.4, 0.5) is 30.7 Å². The summed E-state index contributed by atoms with van der Waals surface area (Å²) in [6.07, 6.45) is -8.67. The fourth-order valence-electron chi connectivity index (χ4n) is 2.78. The number of alkyl halides is 7. The molecule has 2 N–H and O–H groups in total. The molecular formula is C19H17F7N8O2S. The Morgan fingerprint density at radius 1 is 1.05 bits per heavy atom. The lowest BCUT2D eigenvalue weighted by Gasteiger charge is -2.08. The molecule has 0 saturated heterocycles. The molecule has 0 aliphatic carbocycles. The van der Waals surface area contributed by atoms with E-state index in [1.54, 1.807) is 5.32 Å². The summed E-state index contributed by atoms with van der Waals surface area (Å²) in [6.45, 7) is -2.16. The monoisotopic (exact) mass is 554 g/mol. The first-order valence-corrected chi connectivity index (χ1v) is 11.1. The van der Waals surface area contributed by atoms with E-state index in [1.165, 1.54) is 0 Å². The Morgan fingerprint density at radius 2 is 1.81 bits per heavy atom. The van der Waals surface area contributed by atoms with E-state index in [2.05, 4.69) is 30.8 Å². The van der Waals surface area contributed by atoms with Crippen molar-refractivity contribution in [3.63, 3.8) is 0 Å². The largest absolute Gasteiger partial charge is 0.416 e. The number of carbonyl (C=O) groups excluding carboxylic acids is 2. The van der Waals surface area contributed by atoms with E-state index >= 15 is 0 Å². The maximum atomic E-state index is 14.3. The minimum atomic E-state index is -4.60. The summed E-state index contributed by atoms with van der Waals surface area (Å²) in [6, 6.07) is 1.61. The Balaban J connectivity index is 1.45. The zero-order valence-corrected chi connectivity index (χ0v) is 19.3.